The highest BCUT2D eigenvalue weighted by molar-refractivity contribution is 6.65. The Morgan fingerprint density at radius 1 is 0.923 bits per heavy atom. The van der Waals surface area contributed by atoms with Crippen molar-refractivity contribution in [2.75, 3.05) is 0 Å². The van der Waals surface area contributed by atoms with Crippen molar-refractivity contribution in [3.05, 3.63) is 42.1 Å². The van der Waals surface area contributed by atoms with Crippen LogP contribution >= 0.6 is 0 Å². The largest absolute Gasteiger partial charge is 0.498 e. The summed E-state index contributed by atoms with van der Waals surface area (Å²) in [6.45, 7) is 10.4. The average molecular weight is 347 g/mol. The molecule has 0 unspecified atom stereocenters. The first-order valence-electron chi connectivity index (χ1n) is 9.06. The Bertz CT molecular complexity index is 1150. The van der Waals surface area contributed by atoms with Gasteiger partial charge in [-0.3, -0.25) is 0 Å². The van der Waals surface area contributed by atoms with E-state index in [9.17, 15) is 0 Å². The summed E-state index contributed by atoms with van der Waals surface area (Å²) < 4.78 is 18.9. The zero-order chi connectivity index (χ0) is 18.3. The van der Waals surface area contributed by atoms with Gasteiger partial charge in [0.05, 0.1) is 11.2 Å². The summed E-state index contributed by atoms with van der Waals surface area (Å²) in [5.41, 5.74) is 4.07. The number of nitrogens with one attached hydrogen (secondary N) is 1. The van der Waals surface area contributed by atoms with Gasteiger partial charge in [0, 0.05) is 32.8 Å². The third kappa shape index (κ3) is 2.04. The van der Waals surface area contributed by atoms with Crippen molar-refractivity contribution in [1.82, 2.24) is 4.98 Å². The van der Waals surface area contributed by atoms with Gasteiger partial charge in [0.15, 0.2) is 0 Å². The molecular weight excluding hydrogens is 325 g/mol. The number of furan rings is 1. The van der Waals surface area contributed by atoms with Gasteiger partial charge in [-0.25, -0.2) is 0 Å². The van der Waals surface area contributed by atoms with Crippen LogP contribution in [-0.2, 0) is 9.31 Å². The molecule has 1 N–H and O–H groups in total. The van der Waals surface area contributed by atoms with E-state index in [1.165, 1.54) is 5.39 Å². The molecule has 1 aliphatic heterocycles. The fourth-order valence-corrected chi connectivity index (χ4v) is 3.81. The van der Waals surface area contributed by atoms with Crippen molar-refractivity contribution in [2.45, 2.75) is 45.8 Å². The maximum absolute atomic E-state index is 6.31. The molecule has 2 aromatic carbocycles. The van der Waals surface area contributed by atoms with Gasteiger partial charge in [-0.05, 0) is 52.8 Å². The van der Waals surface area contributed by atoms with Crippen molar-refractivity contribution < 1.29 is 13.7 Å². The number of aromatic amines is 1. The van der Waals surface area contributed by atoms with Crippen LogP contribution in [-0.4, -0.2) is 23.3 Å². The van der Waals surface area contributed by atoms with Gasteiger partial charge >= 0.3 is 7.12 Å². The second kappa shape index (κ2) is 4.93. The zero-order valence-corrected chi connectivity index (χ0v) is 15.8. The highest BCUT2D eigenvalue weighted by Crippen LogP contribution is 2.39. The molecule has 26 heavy (non-hydrogen) atoms. The van der Waals surface area contributed by atoms with Gasteiger partial charge in [0.25, 0.3) is 0 Å². The standard InChI is InChI=1S/C21H22BNO3/c1-12-10-14-16(23-12)11-15(22-25-20(2,3)21(4,5)26-22)19-18(14)13-8-6-7-9-17(13)24-19/h6-11,23H,1-5H3. The topological polar surface area (TPSA) is 47.4 Å². The fraction of sp³-hybridized carbons (Fsp3) is 0.333. The number of aryl methyl sites for hydroxylation is 1. The molecular formula is C21H22BNO3. The first kappa shape index (κ1) is 16.0. The molecule has 132 valence electrons. The normalized spacial score (nSPS) is 19.2. The molecule has 0 spiro atoms. The van der Waals surface area contributed by atoms with E-state index in [0.717, 1.165) is 38.6 Å². The molecule has 5 heteroatoms. The number of aromatic nitrogens is 1. The molecule has 0 radical (unpaired) electrons. The molecule has 0 atom stereocenters. The summed E-state index contributed by atoms with van der Waals surface area (Å²) in [7, 11) is -0.462. The third-order valence-electron chi connectivity index (χ3n) is 5.92. The SMILES string of the molecule is Cc1cc2c(cc(B3OC(C)(C)C(C)(C)O3)c3oc4ccccc4c32)[nH]1. The average Bonchev–Trinajstić information content (AvgIpc) is 3.17. The predicted octanol–water partition coefficient (Wildman–Crippen LogP) is 4.67. The van der Waals surface area contributed by atoms with Crippen LogP contribution in [0, 0.1) is 6.92 Å². The maximum atomic E-state index is 6.31. The minimum atomic E-state index is -0.462. The summed E-state index contributed by atoms with van der Waals surface area (Å²) in [6, 6.07) is 12.4. The summed E-state index contributed by atoms with van der Waals surface area (Å²) in [6.07, 6.45) is 0. The van der Waals surface area contributed by atoms with Gasteiger partial charge in [-0.15, -0.1) is 0 Å². The lowest BCUT2D eigenvalue weighted by Gasteiger charge is -2.32. The minimum absolute atomic E-state index is 0.392. The van der Waals surface area contributed by atoms with E-state index in [1.54, 1.807) is 0 Å². The Kier molecular flexibility index (Phi) is 3.03. The van der Waals surface area contributed by atoms with Crippen LogP contribution in [0.1, 0.15) is 33.4 Å². The molecule has 1 aliphatic rings. The molecule has 0 bridgehead atoms. The van der Waals surface area contributed by atoms with Crippen molar-refractivity contribution in [1.29, 1.82) is 0 Å². The number of hydrogen-bond donors (Lipinski definition) is 1. The number of rotatable bonds is 1. The quantitative estimate of drug-likeness (QED) is 0.509. The van der Waals surface area contributed by atoms with Crippen LogP contribution in [0.25, 0.3) is 32.8 Å². The molecule has 0 aliphatic carbocycles. The van der Waals surface area contributed by atoms with Gasteiger partial charge in [0.2, 0.25) is 0 Å². The molecule has 4 aromatic rings. The van der Waals surface area contributed by atoms with E-state index >= 15 is 0 Å². The van der Waals surface area contributed by atoms with Crippen LogP contribution in [0.2, 0.25) is 0 Å². The maximum Gasteiger partial charge on any atom is 0.498 e. The van der Waals surface area contributed by atoms with E-state index in [1.807, 2.05) is 18.2 Å². The van der Waals surface area contributed by atoms with Crippen LogP contribution in [0.15, 0.2) is 40.8 Å². The van der Waals surface area contributed by atoms with Crippen molar-refractivity contribution in [2.24, 2.45) is 0 Å². The molecule has 5 rings (SSSR count). The lowest BCUT2D eigenvalue weighted by Crippen LogP contribution is -2.41. The monoisotopic (exact) mass is 347 g/mol. The lowest BCUT2D eigenvalue weighted by atomic mass is 9.77. The number of H-pyrrole nitrogens is 1. The molecule has 1 saturated heterocycles. The van der Waals surface area contributed by atoms with Gasteiger partial charge in [-0.1, -0.05) is 18.2 Å². The molecule has 0 saturated carbocycles. The number of benzene rings is 2. The van der Waals surface area contributed by atoms with Crippen LogP contribution in [0.3, 0.4) is 0 Å². The Morgan fingerprint density at radius 3 is 2.35 bits per heavy atom. The van der Waals surface area contributed by atoms with E-state index in [0.29, 0.717) is 0 Å². The smallest absolute Gasteiger partial charge is 0.456 e. The Balaban J connectivity index is 1.85. The highest BCUT2D eigenvalue weighted by Gasteiger charge is 2.52. The van der Waals surface area contributed by atoms with E-state index < -0.39 is 18.3 Å². The molecule has 4 nitrogen and oxygen atoms in total. The number of fused-ring (bicyclic) bond motifs is 5. The second-order valence-corrected chi connectivity index (χ2v) is 8.27. The van der Waals surface area contributed by atoms with Crippen LogP contribution in [0.5, 0.6) is 0 Å². The Hall–Kier alpha value is -2.24. The Labute approximate surface area is 152 Å². The predicted molar refractivity (Wildman–Crippen MR) is 106 cm³/mol. The zero-order valence-electron chi connectivity index (χ0n) is 15.8. The van der Waals surface area contributed by atoms with Crippen molar-refractivity contribution in [3.63, 3.8) is 0 Å². The summed E-state index contributed by atoms with van der Waals surface area (Å²) in [5.74, 6) is 0. The molecule has 1 fully saturated rings. The molecule has 0 amide bonds. The minimum Gasteiger partial charge on any atom is -0.456 e. The number of para-hydroxylation sites is 1. The Morgan fingerprint density at radius 2 is 1.62 bits per heavy atom. The first-order valence-corrected chi connectivity index (χ1v) is 9.06. The third-order valence-corrected chi connectivity index (χ3v) is 5.92. The highest BCUT2D eigenvalue weighted by atomic mass is 16.7. The van der Waals surface area contributed by atoms with E-state index in [-0.39, 0.29) is 0 Å². The van der Waals surface area contributed by atoms with Crippen molar-refractivity contribution in [3.8, 4) is 0 Å². The second-order valence-electron chi connectivity index (χ2n) is 8.27. The fourth-order valence-electron chi connectivity index (χ4n) is 3.81. The summed E-state index contributed by atoms with van der Waals surface area (Å²) in [4.78, 5) is 3.46. The van der Waals surface area contributed by atoms with Gasteiger partial charge < -0.3 is 18.7 Å². The summed E-state index contributed by atoms with van der Waals surface area (Å²) >= 11 is 0. The lowest BCUT2D eigenvalue weighted by molar-refractivity contribution is 0.00578. The van der Waals surface area contributed by atoms with Gasteiger partial charge in [-0.2, -0.15) is 0 Å². The van der Waals surface area contributed by atoms with E-state index in [4.69, 9.17) is 13.7 Å². The van der Waals surface area contributed by atoms with Crippen LogP contribution in [0.4, 0.5) is 0 Å². The first-order chi connectivity index (χ1) is 12.3. The van der Waals surface area contributed by atoms with Crippen molar-refractivity contribution >= 4 is 45.4 Å². The van der Waals surface area contributed by atoms with Gasteiger partial charge in [0.1, 0.15) is 11.2 Å². The van der Waals surface area contributed by atoms with E-state index in [2.05, 4.69) is 57.8 Å². The molecule has 3 heterocycles. The summed E-state index contributed by atoms with van der Waals surface area (Å²) in [5, 5.41) is 3.40. The van der Waals surface area contributed by atoms with Crippen LogP contribution < -0.4 is 5.46 Å². The molecule has 2 aromatic heterocycles. The number of hydrogen-bond acceptors (Lipinski definition) is 3.